The van der Waals surface area contributed by atoms with Crippen molar-refractivity contribution in [1.82, 2.24) is 0 Å². The van der Waals surface area contributed by atoms with E-state index in [-0.39, 0.29) is 16.7 Å². The zero-order valence-corrected chi connectivity index (χ0v) is 10.5. The molecule has 20 heavy (non-hydrogen) atoms. The van der Waals surface area contributed by atoms with Crippen molar-refractivity contribution in [2.45, 2.75) is 13.3 Å². The minimum Gasteiger partial charge on any atom is -0.294 e. The lowest BCUT2D eigenvalue weighted by Gasteiger charge is -2.06. The maximum atomic E-state index is 13.5. The molecule has 0 saturated heterocycles. The van der Waals surface area contributed by atoms with E-state index in [2.05, 4.69) is 0 Å². The molecule has 0 aliphatic heterocycles. The number of hydrogen-bond acceptors (Lipinski definition) is 1. The average molecular weight is 282 g/mol. The molecular formula is C15H10F4O. The first-order chi connectivity index (χ1) is 9.38. The molecule has 0 N–H and O–H groups in total. The van der Waals surface area contributed by atoms with Crippen LogP contribution < -0.4 is 0 Å². The second kappa shape index (κ2) is 5.45. The third kappa shape index (κ3) is 2.87. The van der Waals surface area contributed by atoms with Gasteiger partial charge in [-0.3, -0.25) is 4.79 Å². The fourth-order valence-electron chi connectivity index (χ4n) is 1.80. The van der Waals surface area contributed by atoms with Crippen LogP contribution in [0.5, 0.6) is 0 Å². The van der Waals surface area contributed by atoms with Crippen LogP contribution in [0.15, 0.2) is 30.3 Å². The van der Waals surface area contributed by atoms with Crippen LogP contribution in [0.4, 0.5) is 17.6 Å². The van der Waals surface area contributed by atoms with Crippen LogP contribution in [0.3, 0.4) is 0 Å². The first-order valence-corrected chi connectivity index (χ1v) is 5.81. The summed E-state index contributed by atoms with van der Waals surface area (Å²) in [4.78, 5) is 11.9. The lowest BCUT2D eigenvalue weighted by atomic mass is 10.0. The van der Waals surface area contributed by atoms with Gasteiger partial charge in [0, 0.05) is 18.6 Å². The first kappa shape index (κ1) is 14.2. The predicted octanol–water partition coefficient (Wildman–Crippen LogP) is 3.98. The maximum absolute atomic E-state index is 13.5. The van der Waals surface area contributed by atoms with Crippen LogP contribution in [0, 0.1) is 30.2 Å². The second-order valence-electron chi connectivity index (χ2n) is 4.42. The van der Waals surface area contributed by atoms with E-state index in [0.717, 1.165) is 18.2 Å². The lowest BCUT2D eigenvalue weighted by Crippen LogP contribution is -2.09. The van der Waals surface area contributed by atoms with Gasteiger partial charge in [-0.15, -0.1) is 0 Å². The highest BCUT2D eigenvalue weighted by molar-refractivity contribution is 5.97. The van der Waals surface area contributed by atoms with Crippen molar-refractivity contribution in [3.8, 4) is 0 Å². The van der Waals surface area contributed by atoms with Crippen molar-refractivity contribution < 1.29 is 22.4 Å². The smallest absolute Gasteiger partial charge is 0.170 e. The third-order valence-electron chi connectivity index (χ3n) is 2.91. The van der Waals surface area contributed by atoms with E-state index in [4.69, 9.17) is 0 Å². The van der Waals surface area contributed by atoms with Crippen molar-refractivity contribution in [2.75, 3.05) is 0 Å². The minimum atomic E-state index is -0.999. The second-order valence-corrected chi connectivity index (χ2v) is 4.42. The quantitative estimate of drug-likeness (QED) is 0.615. The zero-order valence-electron chi connectivity index (χ0n) is 10.5. The Balaban J connectivity index is 2.31. The van der Waals surface area contributed by atoms with Gasteiger partial charge < -0.3 is 0 Å². The van der Waals surface area contributed by atoms with E-state index in [1.807, 2.05) is 0 Å². The van der Waals surface area contributed by atoms with E-state index in [1.165, 1.54) is 6.92 Å². The van der Waals surface area contributed by atoms with Gasteiger partial charge in [0.15, 0.2) is 5.78 Å². The van der Waals surface area contributed by atoms with E-state index in [0.29, 0.717) is 12.1 Å². The number of aryl methyl sites for hydroxylation is 1. The minimum absolute atomic E-state index is 0.0437. The van der Waals surface area contributed by atoms with Gasteiger partial charge in [0.25, 0.3) is 0 Å². The first-order valence-electron chi connectivity index (χ1n) is 5.81. The number of halogens is 4. The van der Waals surface area contributed by atoms with E-state index in [9.17, 15) is 22.4 Å². The van der Waals surface area contributed by atoms with Gasteiger partial charge in [-0.25, -0.2) is 17.6 Å². The monoisotopic (exact) mass is 282 g/mol. The van der Waals surface area contributed by atoms with Crippen molar-refractivity contribution in [1.29, 1.82) is 0 Å². The molecule has 0 saturated carbocycles. The summed E-state index contributed by atoms with van der Waals surface area (Å²) in [6.45, 7) is 1.39. The van der Waals surface area contributed by atoms with Crippen LogP contribution in [-0.4, -0.2) is 5.78 Å². The predicted molar refractivity (Wildman–Crippen MR) is 65.5 cm³/mol. The molecule has 0 bridgehead atoms. The Bertz CT molecular complexity index is 680. The van der Waals surface area contributed by atoms with Gasteiger partial charge in [-0.2, -0.15) is 0 Å². The summed E-state index contributed by atoms with van der Waals surface area (Å²) in [6.07, 6.45) is -0.423. The molecule has 0 amide bonds. The molecule has 2 rings (SSSR count). The molecule has 0 radical (unpaired) electrons. The fourth-order valence-corrected chi connectivity index (χ4v) is 1.80. The molecule has 104 valence electrons. The highest BCUT2D eigenvalue weighted by Gasteiger charge is 2.16. The number of benzene rings is 2. The summed E-state index contributed by atoms with van der Waals surface area (Å²) in [7, 11) is 0. The highest BCUT2D eigenvalue weighted by atomic mass is 19.1. The molecule has 0 aliphatic rings. The van der Waals surface area contributed by atoms with E-state index >= 15 is 0 Å². The van der Waals surface area contributed by atoms with Gasteiger partial charge in [-0.1, -0.05) is 6.07 Å². The van der Waals surface area contributed by atoms with Crippen LogP contribution in [-0.2, 0) is 6.42 Å². The Hall–Kier alpha value is -2.17. The average Bonchev–Trinajstić information content (AvgIpc) is 2.37. The number of hydrogen-bond donors (Lipinski definition) is 0. The molecule has 1 nitrogen and oxygen atoms in total. The van der Waals surface area contributed by atoms with Gasteiger partial charge in [0.2, 0.25) is 0 Å². The van der Waals surface area contributed by atoms with E-state index < -0.39 is 35.5 Å². The fraction of sp³-hybridized carbons (Fsp3) is 0.133. The van der Waals surface area contributed by atoms with Crippen LogP contribution in [0.1, 0.15) is 21.5 Å². The third-order valence-corrected chi connectivity index (χ3v) is 2.91. The highest BCUT2D eigenvalue weighted by Crippen LogP contribution is 2.18. The number of Topliss-reactive ketones (excluding diaryl/α,β-unsaturated/α-hetero) is 1. The Morgan fingerprint density at radius 1 is 0.950 bits per heavy atom. The Morgan fingerprint density at radius 2 is 1.65 bits per heavy atom. The van der Waals surface area contributed by atoms with Crippen LogP contribution >= 0.6 is 0 Å². The molecule has 2 aromatic rings. The standard InChI is InChI=1S/C15H10F4O/c1-8-4-11(14(19)7-12(8)17)15(20)5-9-2-3-10(16)6-13(9)18/h2-4,6-7H,5H2,1H3. The number of rotatable bonds is 3. The number of carbonyl (C=O) groups excluding carboxylic acids is 1. The van der Waals surface area contributed by atoms with Gasteiger partial charge in [0.05, 0.1) is 5.56 Å². The summed E-state index contributed by atoms with van der Waals surface area (Å²) in [5.41, 5.74) is -0.236. The molecule has 0 fully saturated rings. The Labute approximate surface area is 112 Å². The summed E-state index contributed by atoms with van der Waals surface area (Å²) in [6, 6.07) is 4.47. The summed E-state index contributed by atoms with van der Waals surface area (Å²) >= 11 is 0. The molecule has 0 aromatic heterocycles. The SMILES string of the molecule is Cc1cc(C(=O)Cc2ccc(F)cc2F)c(F)cc1F. The molecule has 0 atom stereocenters. The molecule has 2 aromatic carbocycles. The van der Waals surface area contributed by atoms with Crippen molar-refractivity contribution in [3.63, 3.8) is 0 Å². The van der Waals surface area contributed by atoms with Gasteiger partial charge in [0.1, 0.15) is 23.3 Å². The van der Waals surface area contributed by atoms with Crippen molar-refractivity contribution >= 4 is 5.78 Å². The molecule has 0 unspecified atom stereocenters. The molecule has 0 aliphatic carbocycles. The van der Waals surface area contributed by atoms with Crippen molar-refractivity contribution in [2.24, 2.45) is 0 Å². The summed E-state index contributed by atoms with van der Waals surface area (Å²) < 4.78 is 52.8. The van der Waals surface area contributed by atoms with Crippen LogP contribution in [0.2, 0.25) is 0 Å². The summed E-state index contributed by atoms with van der Waals surface area (Å²) in [5, 5.41) is 0. The van der Waals surface area contributed by atoms with Crippen molar-refractivity contribution in [3.05, 3.63) is 70.3 Å². The van der Waals surface area contributed by atoms with Crippen LogP contribution in [0.25, 0.3) is 0 Å². The zero-order chi connectivity index (χ0) is 14.9. The Kier molecular flexibility index (Phi) is 3.88. The molecule has 5 heteroatoms. The van der Waals surface area contributed by atoms with Gasteiger partial charge >= 0.3 is 0 Å². The number of ketones is 1. The molecule has 0 heterocycles. The molecular weight excluding hydrogens is 272 g/mol. The topological polar surface area (TPSA) is 17.1 Å². The summed E-state index contributed by atoms with van der Waals surface area (Å²) in [5.74, 6) is -4.09. The maximum Gasteiger partial charge on any atom is 0.170 e. The lowest BCUT2D eigenvalue weighted by molar-refractivity contribution is 0.0987. The normalized spacial score (nSPS) is 10.7. The van der Waals surface area contributed by atoms with Gasteiger partial charge in [-0.05, 0) is 30.2 Å². The largest absolute Gasteiger partial charge is 0.294 e. The Morgan fingerprint density at radius 3 is 2.30 bits per heavy atom. The van der Waals surface area contributed by atoms with E-state index in [1.54, 1.807) is 0 Å². The molecule has 0 spiro atoms. The number of carbonyl (C=O) groups is 1.